The number of nitrogen functional groups attached to an aromatic ring is 1. The molecule has 1 saturated heterocycles. The number of fused-ring (bicyclic) bond motifs is 1. The van der Waals surface area contributed by atoms with Crippen molar-refractivity contribution in [2.75, 3.05) is 12.3 Å². The third-order valence-electron chi connectivity index (χ3n) is 7.23. The molecule has 40 heavy (non-hydrogen) atoms. The summed E-state index contributed by atoms with van der Waals surface area (Å²) in [5, 5.41) is 0.324. The lowest BCUT2D eigenvalue weighted by Crippen LogP contribution is -2.32. The van der Waals surface area contributed by atoms with Crippen molar-refractivity contribution in [3.63, 3.8) is 0 Å². The highest BCUT2D eigenvalue weighted by atomic mass is 35.5. The number of sulfonamides is 1. The number of nitrogens with one attached hydrogen (secondary N) is 1. The number of aromatic nitrogens is 2. The summed E-state index contributed by atoms with van der Waals surface area (Å²) in [6.45, 7) is 6.16. The topological polar surface area (TPSA) is 116 Å². The van der Waals surface area contributed by atoms with Crippen molar-refractivity contribution in [2.24, 2.45) is 0 Å². The van der Waals surface area contributed by atoms with Crippen LogP contribution < -0.4 is 10.5 Å². The smallest absolute Gasteiger partial charge is 0.215 e. The first-order valence-corrected chi connectivity index (χ1v) is 15.5. The standard InChI is InChI=1S/C28H28ClFN4O4S2/c1-27(2)37-14-28(3,38-27)16-9-10-32-20(12-16)18-6-4-5-15-11-21(39-25(15)18)24(34-40(35,36)17-7-8-17)22-19(29)13-33-26(31)23(22)30/h4-6,9-13,17,24,34H,7-8,14H2,1-3H3,(H2,31,33)/t24-,28?/m0/s1. The zero-order valence-electron chi connectivity index (χ0n) is 22.1. The summed E-state index contributed by atoms with van der Waals surface area (Å²) >= 11 is 7.73. The number of nitrogens with two attached hydrogens (primary N) is 1. The molecule has 1 aliphatic carbocycles. The van der Waals surface area contributed by atoms with Crippen LogP contribution in [-0.4, -0.2) is 36.0 Å². The number of nitrogens with zero attached hydrogens (tertiary/aromatic N) is 2. The molecule has 0 bridgehead atoms. The molecule has 3 N–H and O–H groups in total. The minimum absolute atomic E-state index is 0.0165. The zero-order chi connectivity index (χ0) is 28.4. The number of hydrogen-bond acceptors (Lipinski definition) is 8. The number of anilines is 1. The van der Waals surface area contributed by atoms with Gasteiger partial charge in [-0.2, -0.15) is 0 Å². The van der Waals surface area contributed by atoms with Gasteiger partial charge in [0.05, 0.1) is 28.6 Å². The predicted octanol–water partition coefficient (Wildman–Crippen LogP) is 5.90. The normalized spacial score (nSPS) is 21.6. The number of pyridine rings is 2. The summed E-state index contributed by atoms with van der Waals surface area (Å²) in [5.41, 5.74) is 7.56. The predicted molar refractivity (Wildman–Crippen MR) is 154 cm³/mol. The Labute approximate surface area is 240 Å². The minimum atomic E-state index is -3.73. The second-order valence-corrected chi connectivity index (χ2v) is 14.3. The van der Waals surface area contributed by atoms with Crippen molar-refractivity contribution in [1.82, 2.24) is 14.7 Å². The molecule has 1 aromatic carbocycles. The quantitative estimate of drug-likeness (QED) is 0.270. The van der Waals surface area contributed by atoms with E-state index in [1.54, 1.807) is 6.20 Å². The molecule has 1 saturated carbocycles. The summed E-state index contributed by atoms with van der Waals surface area (Å²) < 4.78 is 57.1. The Morgan fingerprint density at radius 3 is 2.67 bits per heavy atom. The maximum absolute atomic E-state index is 15.3. The van der Waals surface area contributed by atoms with Crippen molar-refractivity contribution in [2.45, 2.75) is 56.3 Å². The SMILES string of the molecule is CC1(C)OCC(C)(c2ccnc(-c3cccc4cc([C@H](NS(=O)(=O)C5CC5)c5c(Cl)cnc(N)c5F)sc34)c2)O1. The maximum atomic E-state index is 15.3. The molecule has 0 radical (unpaired) electrons. The van der Waals surface area contributed by atoms with Crippen LogP contribution in [0.1, 0.15) is 55.7 Å². The Balaban J connectivity index is 1.46. The molecule has 4 aromatic rings. The molecule has 210 valence electrons. The van der Waals surface area contributed by atoms with E-state index in [9.17, 15) is 8.42 Å². The fourth-order valence-electron chi connectivity index (χ4n) is 5.05. The van der Waals surface area contributed by atoms with Gasteiger partial charge in [0.2, 0.25) is 10.0 Å². The zero-order valence-corrected chi connectivity index (χ0v) is 24.5. The van der Waals surface area contributed by atoms with Crippen molar-refractivity contribution in [1.29, 1.82) is 0 Å². The lowest BCUT2D eigenvalue weighted by atomic mass is 9.96. The Morgan fingerprint density at radius 2 is 1.98 bits per heavy atom. The molecule has 2 aliphatic rings. The Bertz CT molecular complexity index is 1740. The van der Waals surface area contributed by atoms with E-state index in [0.29, 0.717) is 24.3 Å². The van der Waals surface area contributed by atoms with Gasteiger partial charge in [-0.15, -0.1) is 11.3 Å². The highest BCUT2D eigenvalue weighted by molar-refractivity contribution is 7.90. The lowest BCUT2D eigenvalue weighted by Gasteiger charge is -2.25. The monoisotopic (exact) mass is 602 g/mol. The second-order valence-electron chi connectivity index (χ2n) is 10.8. The van der Waals surface area contributed by atoms with Gasteiger partial charge in [0.25, 0.3) is 0 Å². The van der Waals surface area contributed by atoms with Gasteiger partial charge in [-0.1, -0.05) is 29.8 Å². The molecule has 2 fully saturated rings. The molecule has 1 unspecified atom stereocenters. The van der Waals surface area contributed by atoms with E-state index in [1.807, 2.05) is 57.2 Å². The van der Waals surface area contributed by atoms with Crippen LogP contribution in [0.4, 0.5) is 10.2 Å². The van der Waals surface area contributed by atoms with E-state index in [2.05, 4.69) is 14.7 Å². The molecular formula is C28H28ClFN4O4S2. The van der Waals surface area contributed by atoms with E-state index in [4.69, 9.17) is 26.8 Å². The van der Waals surface area contributed by atoms with Crippen molar-refractivity contribution >= 4 is 48.9 Å². The molecule has 8 nitrogen and oxygen atoms in total. The number of ether oxygens (including phenoxy) is 2. The average Bonchev–Trinajstić information content (AvgIpc) is 3.62. The van der Waals surface area contributed by atoms with E-state index in [1.165, 1.54) is 17.5 Å². The molecule has 0 spiro atoms. The number of benzene rings is 1. The van der Waals surface area contributed by atoms with Gasteiger partial charge in [0.15, 0.2) is 17.4 Å². The first-order valence-electron chi connectivity index (χ1n) is 12.8. The van der Waals surface area contributed by atoms with Gasteiger partial charge in [0.1, 0.15) is 5.60 Å². The van der Waals surface area contributed by atoms with Gasteiger partial charge in [-0.25, -0.2) is 22.5 Å². The van der Waals surface area contributed by atoms with Crippen LogP contribution in [-0.2, 0) is 25.1 Å². The van der Waals surface area contributed by atoms with E-state index in [-0.39, 0.29) is 16.4 Å². The third kappa shape index (κ3) is 4.99. The second kappa shape index (κ2) is 9.71. The summed E-state index contributed by atoms with van der Waals surface area (Å²) in [6.07, 6.45) is 4.08. The number of thiophene rings is 1. The van der Waals surface area contributed by atoms with Crippen LogP contribution in [0.15, 0.2) is 48.8 Å². The molecule has 4 heterocycles. The van der Waals surface area contributed by atoms with Crippen LogP contribution in [0.2, 0.25) is 5.02 Å². The van der Waals surface area contributed by atoms with Crippen molar-refractivity contribution in [3.8, 4) is 11.3 Å². The van der Waals surface area contributed by atoms with Gasteiger partial charge in [-0.05, 0) is 62.8 Å². The van der Waals surface area contributed by atoms with E-state index in [0.717, 1.165) is 26.9 Å². The van der Waals surface area contributed by atoms with Gasteiger partial charge >= 0.3 is 0 Å². The first kappa shape index (κ1) is 27.5. The number of hydrogen-bond donors (Lipinski definition) is 2. The van der Waals surface area contributed by atoms with Crippen LogP contribution >= 0.6 is 22.9 Å². The van der Waals surface area contributed by atoms with Crippen molar-refractivity contribution < 1.29 is 22.3 Å². The molecule has 1 aliphatic heterocycles. The Hall–Kier alpha value is -2.67. The molecule has 3 aromatic heterocycles. The van der Waals surface area contributed by atoms with Crippen molar-refractivity contribution in [3.05, 3.63) is 75.6 Å². The summed E-state index contributed by atoms with van der Waals surface area (Å²) in [7, 11) is -3.73. The van der Waals surface area contributed by atoms with Gasteiger partial charge in [-0.3, -0.25) is 4.98 Å². The van der Waals surface area contributed by atoms with Crippen LogP contribution in [0.25, 0.3) is 21.3 Å². The van der Waals surface area contributed by atoms with Crippen LogP contribution in [0.3, 0.4) is 0 Å². The maximum Gasteiger partial charge on any atom is 0.215 e. The van der Waals surface area contributed by atoms with Gasteiger partial charge < -0.3 is 15.2 Å². The summed E-state index contributed by atoms with van der Waals surface area (Å²) in [5.74, 6) is -1.90. The van der Waals surface area contributed by atoms with Gasteiger partial charge in [0, 0.05) is 33.1 Å². The number of rotatable bonds is 7. The Morgan fingerprint density at radius 1 is 1.20 bits per heavy atom. The molecular weight excluding hydrogens is 575 g/mol. The first-order chi connectivity index (χ1) is 18.9. The van der Waals surface area contributed by atoms with Crippen LogP contribution in [0, 0.1) is 5.82 Å². The van der Waals surface area contributed by atoms with Crippen LogP contribution in [0.5, 0.6) is 0 Å². The number of halogens is 2. The molecule has 2 atom stereocenters. The fourth-order valence-corrected chi connectivity index (χ4v) is 8.13. The average molecular weight is 603 g/mol. The lowest BCUT2D eigenvalue weighted by molar-refractivity contribution is -0.159. The third-order valence-corrected chi connectivity index (χ3v) is 10.7. The summed E-state index contributed by atoms with van der Waals surface area (Å²) in [6, 6.07) is 10.4. The summed E-state index contributed by atoms with van der Waals surface area (Å²) in [4.78, 5) is 8.98. The minimum Gasteiger partial charge on any atom is -0.381 e. The van der Waals surface area contributed by atoms with E-state index >= 15 is 4.39 Å². The molecule has 12 heteroatoms. The molecule has 6 rings (SSSR count). The highest BCUT2D eigenvalue weighted by Crippen LogP contribution is 2.43. The Kier molecular flexibility index (Phi) is 6.68. The fraction of sp³-hybridized carbons (Fsp3) is 0.357. The largest absolute Gasteiger partial charge is 0.381 e. The highest BCUT2D eigenvalue weighted by Gasteiger charge is 2.43. The molecule has 0 amide bonds. The van der Waals surface area contributed by atoms with E-state index < -0.39 is 38.5 Å².